The molecule has 0 unspecified atom stereocenters. The van der Waals surface area contributed by atoms with Crippen molar-refractivity contribution in [2.24, 2.45) is 0 Å². The highest BCUT2D eigenvalue weighted by Gasteiger charge is 2.52. The Morgan fingerprint density at radius 3 is 1.48 bits per heavy atom. The Bertz CT molecular complexity index is 3630. The molecule has 9 aromatic rings. The minimum atomic E-state index is -0.424. The van der Waals surface area contributed by atoms with Crippen molar-refractivity contribution < 1.29 is 18.9 Å². The number of nitrogens with zero attached hydrogens (tertiary/aromatic N) is 2. The lowest BCUT2D eigenvalue weighted by Gasteiger charge is -2.47. The van der Waals surface area contributed by atoms with E-state index in [0.29, 0.717) is 27.5 Å². The summed E-state index contributed by atoms with van der Waals surface area (Å²) in [5.41, 5.74) is 18.2. The number of hydrogen-bond donors (Lipinski definition) is 0. The van der Waals surface area contributed by atoms with Gasteiger partial charge in [0.25, 0.3) is 13.4 Å². The molecular formula is C62H49B2BrN2O4. The lowest BCUT2D eigenvalue weighted by molar-refractivity contribution is 0.457. The van der Waals surface area contributed by atoms with Crippen LogP contribution in [0.5, 0.6) is 46.0 Å². The van der Waals surface area contributed by atoms with Gasteiger partial charge in [0.05, 0.1) is 0 Å². The number of rotatable bonds is 6. The number of benzene rings is 9. The molecule has 4 heterocycles. The molecule has 0 atom stereocenters. The lowest BCUT2D eigenvalue weighted by atomic mass is 9.30. The third-order valence-electron chi connectivity index (χ3n) is 14.4. The van der Waals surface area contributed by atoms with Crippen LogP contribution in [0.4, 0.5) is 34.1 Å². The molecule has 13 rings (SSSR count). The van der Waals surface area contributed by atoms with Crippen LogP contribution < -0.4 is 61.5 Å². The second-order valence-corrected chi connectivity index (χ2v) is 21.3. The molecule has 0 amide bonds. The highest BCUT2D eigenvalue weighted by Crippen LogP contribution is 2.53. The standard InChI is InChI=1S/C62H49B2BrN2O4/c1-36-26-37(2)29-41(28-36)66-47-32-40(62(5,6)7)33-48-55(47)64(56-49(66)34-53-58-60(56)71-52-25-17-15-23-46(52)63(58)45-22-14-16-24-51(45)70-53)57-50(67(48)42-30-38(3)27-39(4)31-42)35-54(68-43-18-10-8-11-19-43)59(65)61(57)69-44-20-12-9-13-21-44/h8-35H,1-7H3. The van der Waals surface area contributed by atoms with Gasteiger partial charge in [0.1, 0.15) is 50.5 Å². The Hall–Kier alpha value is -7.61. The Labute approximate surface area is 424 Å². The van der Waals surface area contributed by atoms with Gasteiger partial charge in [0.2, 0.25) is 0 Å². The van der Waals surface area contributed by atoms with Crippen molar-refractivity contribution in [3.05, 3.63) is 202 Å². The van der Waals surface area contributed by atoms with Gasteiger partial charge in [-0.1, -0.05) is 106 Å². The van der Waals surface area contributed by atoms with Crippen LogP contribution in [0.3, 0.4) is 0 Å². The minimum Gasteiger partial charge on any atom is -0.459 e. The van der Waals surface area contributed by atoms with E-state index in [1.165, 1.54) is 27.8 Å². The Kier molecular flexibility index (Phi) is 9.92. The van der Waals surface area contributed by atoms with E-state index in [1.54, 1.807) is 0 Å². The highest BCUT2D eigenvalue weighted by atomic mass is 79.9. The van der Waals surface area contributed by atoms with E-state index in [4.69, 9.17) is 18.9 Å². The summed E-state index contributed by atoms with van der Waals surface area (Å²) in [4.78, 5) is 4.93. The van der Waals surface area contributed by atoms with Crippen molar-refractivity contribution in [1.29, 1.82) is 0 Å². The van der Waals surface area contributed by atoms with Gasteiger partial charge in [-0.2, -0.15) is 0 Å². The molecule has 4 aliphatic heterocycles. The third-order valence-corrected chi connectivity index (χ3v) is 15.1. The number of para-hydroxylation sites is 4. The first kappa shape index (κ1) is 43.4. The van der Waals surface area contributed by atoms with E-state index >= 15 is 0 Å². The van der Waals surface area contributed by atoms with Gasteiger partial charge in [0.15, 0.2) is 0 Å². The molecule has 4 aliphatic rings. The normalized spacial score (nSPS) is 13.5. The van der Waals surface area contributed by atoms with Crippen LogP contribution in [-0.4, -0.2) is 13.4 Å². The van der Waals surface area contributed by atoms with Gasteiger partial charge < -0.3 is 28.7 Å². The van der Waals surface area contributed by atoms with Crippen LogP contribution in [0.15, 0.2) is 174 Å². The molecule has 0 saturated carbocycles. The molecule has 71 heavy (non-hydrogen) atoms. The predicted octanol–water partition coefficient (Wildman–Crippen LogP) is 13.4. The predicted molar refractivity (Wildman–Crippen MR) is 297 cm³/mol. The Morgan fingerprint density at radius 1 is 0.451 bits per heavy atom. The van der Waals surface area contributed by atoms with Crippen LogP contribution in [0.25, 0.3) is 0 Å². The van der Waals surface area contributed by atoms with Crippen molar-refractivity contribution in [1.82, 2.24) is 0 Å². The van der Waals surface area contributed by atoms with E-state index in [0.717, 1.165) is 89.9 Å². The molecular weight excluding hydrogens is 938 g/mol. The molecule has 9 aromatic carbocycles. The fraction of sp³-hybridized carbons (Fsp3) is 0.129. The van der Waals surface area contributed by atoms with Gasteiger partial charge >= 0.3 is 0 Å². The first-order chi connectivity index (χ1) is 34.4. The molecule has 0 aliphatic carbocycles. The number of halogens is 1. The molecule has 0 aromatic heterocycles. The Morgan fingerprint density at radius 2 is 0.930 bits per heavy atom. The van der Waals surface area contributed by atoms with Crippen LogP contribution in [0.1, 0.15) is 48.6 Å². The molecule has 0 N–H and O–H groups in total. The maximum absolute atomic E-state index is 7.51. The second-order valence-electron chi connectivity index (χ2n) is 20.5. The Balaban J connectivity index is 1.22. The van der Waals surface area contributed by atoms with Gasteiger partial charge in [-0.3, -0.25) is 0 Å². The summed E-state index contributed by atoms with van der Waals surface area (Å²) in [5, 5.41) is 0. The van der Waals surface area contributed by atoms with Gasteiger partial charge in [-0.25, -0.2) is 0 Å². The average Bonchev–Trinajstić information content (AvgIpc) is 3.35. The van der Waals surface area contributed by atoms with Crippen molar-refractivity contribution in [3.8, 4) is 46.0 Å². The number of anilines is 6. The quantitative estimate of drug-likeness (QED) is 0.155. The third kappa shape index (κ3) is 6.99. The summed E-state index contributed by atoms with van der Waals surface area (Å²) in [6, 6.07) is 60.0. The molecule has 0 bridgehead atoms. The maximum Gasteiger partial charge on any atom is 0.261 e. The minimum absolute atomic E-state index is 0.137. The summed E-state index contributed by atoms with van der Waals surface area (Å²) in [6.45, 7) is 15.1. The number of aryl methyl sites for hydroxylation is 4. The zero-order valence-corrected chi connectivity index (χ0v) is 42.3. The van der Waals surface area contributed by atoms with Crippen LogP contribution >= 0.6 is 15.9 Å². The van der Waals surface area contributed by atoms with Crippen LogP contribution in [0.2, 0.25) is 0 Å². The SMILES string of the molecule is Cc1cc(C)cc(N2c3cc(C(C)(C)C)cc4c3B(c3c2cc(Oc2ccccc2)c(Br)c3Oc2ccccc2)c2c(cc3c5c2Oc2ccccc2B5c2ccccc2O3)N4c2cc(C)cc(C)c2)c1. The van der Waals surface area contributed by atoms with Crippen LogP contribution in [0, 0.1) is 27.7 Å². The monoisotopic (exact) mass is 986 g/mol. The summed E-state index contributed by atoms with van der Waals surface area (Å²) in [7, 11) is 0. The molecule has 0 fully saturated rings. The van der Waals surface area contributed by atoms with Crippen LogP contribution in [-0.2, 0) is 5.41 Å². The largest absolute Gasteiger partial charge is 0.459 e. The fourth-order valence-corrected chi connectivity index (χ4v) is 12.0. The number of fused-ring (bicyclic) bond motifs is 9. The fourth-order valence-electron chi connectivity index (χ4n) is 11.5. The first-order valence-electron chi connectivity index (χ1n) is 24.4. The summed E-state index contributed by atoms with van der Waals surface area (Å²) in [5.74, 6) is 5.95. The van der Waals surface area contributed by atoms with Crippen molar-refractivity contribution in [2.45, 2.75) is 53.9 Å². The second kappa shape index (κ2) is 16.2. The molecule has 0 radical (unpaired) electrons. The zero-order chi connectivity index (χ0) is 48.4. The van der Waals surface area contributed by atoms with Gasteiger partial charge in [-0.05, 0) is 177 Å². The molecule has 0 saturated heterocycles. The van der Waals surface area contributed by atoms with E-state index in [-0.39, 0.29) is 12.1 Å². The average molecular weight is 988 g/mol. The summed E-state index contributed by atoms with van der Waals surface area (Å²) < 4.78 is 29.6. The van der Waals surface area contributed by atoms with E-state index in [2.05, 4.69) is 183 Å². The molecule has 6 nitrogen and oxygen atoms in total. The van der Waals surface area contributed by atoms with Gasteiger partial charge in [-0.15, -0.1) is 0 Å². The van der Waals surface area contributed by atoms with Crippen molar-refractivity contribution in [3.63, 3.8) is 0 Å². The van der Waals surface area contributed by atoms with E-state index < -0.39 is 6.71 Å². The van der Waals surface area contributed by atoms with E-state index in [1.807, 2.05) is 60.7 Å². The zero-order valence-electron chi connectivity index (χ0n) is 40.7. The molecule has 0 spiro atoms. The van der Waals surface area contributed by atoms with Crippen molar-refractivity contribution >= 4 is 96.3 Å². The molecule has 344 valence electrons. The lowest BCUT2D eigenvalue weighted by Crippen LogP contribution is -2.65. The maximum atomic E-state index is 7.51. The topological polar surface area (TPSA) is 43.4 Å². The number of ether oxygens (including phenoxy) is 4. The smallest absolute Gasteiger partial charge is 0.261 e. The highest BCUT2D eigenvalue weighted by molar-refractivity contribution is 9.10. The first-order valence-corrected chi connectivity index (χ1v) is 25.2. The van der Waals surface area contributed by atoms with E-state index in [9.17, 15) is 0 Å². The molecule has 9 heteroatoms. The summed E-state index contributed by atoms with van der Waals surface area (Å²) >= 11 is 4.18. The van der Waals surface area contributed by atoms with Gasteiger partial charge in [0, 0.05) is 51.7 Å². The number of hydrogen-bond acceptors (Lipinski definition) is 6. The summed E-state index contributed by atoms with van der Waals surface area (Å²) in [6.07, 6.45) is 0. The van der Waals surface area contributed by atoms with Crippen molar-refractivity contribution in [2.75, 3.05) is 9.80 Å².